The molecule has 0 fully saturated rings. The number of primary amides is 1. The first-order valence-corrected chi connectivity index (χ1v) is 6.66. The first kappa shape index (κ1) is 16.4. The van der Waals surface area contributed by atoms with Crippen molar-refractivity contribution < 1.29 is 4.79 Å². The van der Waals surface area contributed by atoms with Gasteiger partial charge in [-0.25, -0.2) is 0 Å². The van der Waals surface area contributed by atoms with Gasteiger partial charge in [0, 0.05) is 11.5 Å². The minimum Gasteiger partial charge on any atom is -0.369 e. The van der Waals surface area contributed by atoms with Crippen LogP contribution in [0.15, 0.2) is 0 Å². The predicted molar refractivity (Wildman–Crippen MR) is 73.7 cm³/mol. The van der Waals surface area contributed by atoms with Crippen LogP contribution in [0.3, 0.4) is 0 Å². The highest BCUT2D eigenvalue weighted by molar-refractivity contribution is 5.76. The minimum absolute atomic E-state index is 0.00508. The van der Waals surface area contributed by atoms with E-state index < -0.39 is 0 Å². The Hall–Kier alpha value is -0.570. The molecule has 1 amide bonds. The van der Waals surface area contributed by atoms with Crippen molar-refractivity contribution in [1.82, 2.24) is 5.32 Å². The number of amides is 1. The van der Waals surface area contributed by atoms with Crippen LogP contribution in [0.2, 0.25) is 0 Å². The van der Waals surface area contributed by atoms with Crippen molar-refractivity contribution in [2.45, 2.75) is 59.4 Å². The largest absolute Gasteiger partial charge is 0.369 e. The van der Waals surface area contributed by atoms with E-state index in [0.29, 0.717) is 11.8 Å². The van der Waals surface area contributed by atoms with Crippen LogP contribution in [0.25, 0.3) is 0 Å². The first-order chi connectivity index (χ1) is 7.68. The molecule has 3 N–H and O–H groups in total. The summed E-state index contributed by atoms with van der Waals surface area (Å²) in [5.74, 6) is 1.03. The average molecular weight is 242 g/mol. The van der Waals surface area contributed by atoms with Gasteiger partial charge in [-0.15, -0.1) is 0 Å². The molecule has 0 bridgehead atoms. The molecule has 0 aromatic carbocycles. The molecule has 0 aliphatic rings. The van der Waals surface area contributed by atoms with Crippen LogP contribution in [-0.4, -0.2) is 18.5 Å². The van der Waals surface area contributed by atoms with Gasteiger partial charge in [-0.05, 0) is 52.0 Å². The molecule has 0 radical (unpaired) electrons. The second-order valence-corrected chi connectivity index (χ2v) is 6.32. The Morgan fingerprint density at radius 1 is 1.18 bits per heavy atom. The molecular formula is C14H30N2O. The van der Waals surface area contributed by atoms with E-state index >= 15 is 0 Å². The van der Waals surface area contributed by atoms with Crippen LogP contribution in [0.4, 0.5) is 0 Å². The summed E-state index contributed by atoms with van der Waals surface area (Å²) in [6.07, 6.45) is 3.21. The Morgan fingerprint density at radius 2 is 1.71 bits per heavy atom. The van der Waals surface area contributed by atoms with Crippen LogP contribution in [0.5, 0.6) is 0 Å². The Bertz CT molecular complexity index is 238. The lowest BCUT2D eigenvalue weighted by Crippen LogP contribution is -2.38. The van der Waals surface area contributed by atoms with Gasteiger partial charge in [0.05, 0.1) is 0 Å². The Balaban J connectivity index is 4.04. The number of carbonyl (C=O) groups excluding carboxylic acids is 1. The second kappa shape index (κ2) is 7.00. The van der Waals surface area contributed by atoms with E-state index in [1.165, 1.54) is 0 Å². The standard InChI is InChI=1S/C14H30N2O/c1-10(8-12(3)13(15)17)7-11(2)9-14(4,5)16-6/h10-12,16H,7-9H2,1-6H3,(H2,15,17). The van der Waals surface area contributed by atoms with E-state index in [1.807, 2.05) is 14.0 Å². The van der Waals surface area contributed by atoms with Crippen molar-refractivity contribution in [3.8, 4) is 0 Å². The fraction of sp³-hybridized carbons (Fsp3) is 0.929. The molecule has 0 aromatic heterocycles. The molecule has 102 valence electrons. The van der Waals surface area contributed by atoms with Crippen LogP contribution >= 0.6 is 0 Å². The van der Waals surface area contributed by atoms with Crippen LogP contribution in [0.1, 0.15) is 53.9 Å². The third-order valence-electron chi connectivity index (χ3n) is 3.58. The molecular weight excluding hydrogens is 212 g/mol. The van der Waals surface area contributed by atoms with Crippen LogP contribution < -0.4 is 11.1 Å². The predicted octanol–water partition coefficient (Wildman–Crippen LogP) is 2.55. The van der Waals surface area contributed by atoms with Crippen molar-refractivity contribution in [3.63, 3.8) is 0 Å². The summed E-state index contributed by atoms with van der Waals surface area (Å²) >= 11 is 0. The molecule has 0 aliphatic carbocycles. The summed E-state index contributed by atoms with van der Waals surface area (Å²) in [7, 11) is 2.01. The SMILES string of the molecule is CNC(C)(C)CC(C)CC(C)CC(C)C(N)=O. The summed E-state index contributed by atoms with van der Waals surface area (Å²) in [5, 5.41) is 3.33. The van der Waals surface area contributed by atoms with Crippen molar-refractivity contribution in [1.29, 1.82) is 0 Å². The number of rotatable bonds is 8. The van der Waals surface area contributed by atoms with Gasteiger partial charge in [-0.2, -0.15) is 0 Å². The maximum absolute atomic E-state index is 11.0. The van der Waals surface area contributed by atoms with Crippen LogP contribution in [-0.2, 0) is 4.79 Å². The molecule has 0 saturated heterocycles. The molecule has 0 saturated carbocycles. The van der Waals surface area contributed by atoms with Crippen molar-refractivity contribution >= 4 is 5.91 Å². The smallest absolute Gasteiger partial charge is 0.220 e. The number of nitrogens with one attached hydrogen (secondary N) is 1. The Kier molecular flexibility index (Phi) is 6.76. The second-order valence-electron chi connectivity index (χ2n) is 6.32. The van der Waals surface area contributed by atoms with E-state index in [0.717, 1.165) is 19.3 Å². The van der Waals surface area contributed by atoms with E-state index in [9.17, 15) is 4.79 Å². The zero-order valence-electron chi connectivity index (χ0n) is 12.3. The van der Waals surface area contributed by atoms with Gasteiger partial charge in [-0.3, -0.25) is 4.79 Å². The molecule has 0 rings (SSSR count). The molecule has 0 aromatic rings. The number of hydrogen-bond donors (Lipinski definition) is 2. The number of nitrogens with two attached hydrogens (primary N) is 1. The van der Waals surface area contributed by atoms with Gasteiger partial charge in [0.2, 0.25) is 5.91 Å². The fourth-order valence-corrected chi connectivity index (χ4v) is 2.56. The topological polar surface area (TPSA) is 55.1 Å². The van der Waals surface area contributed by atoms with E-state index in [2.05, 4.69) is 33.0 Å². The van der Waals surface area contributed by atoms with Gasteiger partial charge in [0.1, 0.15) is 0 Å². The molecule has 0 heterocycles. The van der Waals surface area contributed by atoms with Gasteiger partial charge < -0.3 is 11.1 Å². The normalized spacial score (nSPS) is 17.5. The number of hydrogen-bond acceptors (Lipinski definition) is 2. The summed E-state index contributed by atoms with van der Waals surface area (Å²) in [5.41, 5.74) is 5.48. The lowest BCUT2D eigenvalue weighted by atomic mass is 9.83. The molecule has 3 atom stereocenters. The highest BCUT2D eigenvalue weighted by Crippen LogP contribution is 2.25. The Morgan fingerprint density at radius 3 is 2.12 bits per heavy atom. The quantitative estimate of drug-likeness (QED) is 0.687. The van der Waals surface area contributed by atoms with Crippen molar-refractivity contribution in [3.05, 3.63) is 0 Å². The van der Waals surface area contributed by atoms with Gasteiger partial charge >= 0.3 is 0 Å². The zero-order chi connectivity index (χ0) is 13.6. The summed E-state index contributed by atoms with van der Waals surface area (Å²) in [6.45, 7) is 10.9. The molecule has 3 heteroatoms. The summed E-state index contributed by atoms with van der Waals surface area (Å²) < 4.78 is 0. The van der Waals surface area contributed by atoms with E-state index in [-0.39, 0.29) is 17.4 Å². The average Bonchev–Trinajstić information content (AvgIpc) is 2.15. The van der Waals surface area contributed by atoms with Gasteiger partial charge in [-0.1, -0.05) is 20.8 Å². The fourth-order valence-electron chi connectivity index (χ4n) is 2.56. The van der Waals surface area contributed by atoms with E-state index in [4.69, 9.17) is 5.73 Å². The van der Waals surface area contributed by atoms with Crippen molar-refractivity contribution in [2.75, 3.05) is 7.05 Å². The highest BCUT2D eigenvalue weighted by atomic mass is 16.1. The van der Waals surface area contributed by atoms with Gasteiger partial charge in [0.15, 0.2) is 0 Å². The van der Waals surface area contributed by atoms with Gasteiger partial charge in [0.25, 0.3) is 0 Å². The lowest BCUT2D eigenvalue weighted by Gasteiger charge is -2.29. The molecule has 0 spiro atoms. The third-order valence-corrected chi connectivity index (χ3v) is 3.58. The summed E-state index contributed by atoms with van der Waals surface area (Å²) in [4.78, 5) is 11.0. The molecule has 3 nitrogen and oxygen atoms in total. The third kappa shape index (κ3) is 7.37. The first-order valence-electron chi connectivity index (χ1n) is 6.66. The maximum Gasteiger partial charge on any atom is 0.220 e. The highest BCUT2D eigenvalue weighted by Gasteiger charge is 2.21. The zero-order valence-corrected chi connectivity index (χ0v) is 12.3. The number of carbonyl (C=O) groups is 1. The lowest BCUT2D eigenvalue weighted by molar-refractivity contribution is -0.121. The van der Waals surface area contributed by atoms with Crippen molar-refractivity contribution in [2.24, 2.45) is 23.5 Å². The molecule has 3 unspecified atom stereocenters. The maximum atomic E-state index is 11.0. The molecule has 0 aliphatic heterocycles. The monoisotopic (exact) mass is 242 g/mol. The minimum atomic E-state index is -0.181. The summed E-state index contributed by atoms with van der Waals surface area (Å²) in [6, 6.07) is 0. The van der Waals surface area contributed by atoms with E-state index in [1.54, 1.807) is 0 Å². The van der Waals surface area contributed by atoms with Crippen LogP contribution in [0, 0.1) is 17.8 Å². The molecule has 17 heavy (non-hydrogen) atoms. The Labute approximate surface area is 107 Å².